The van der Waals surface area contributed by atoms with E-state index in [2.05, 4.69) is 10.3 Å². The van der Waals surface area contributed by atoms with Gasteiger partial charge in [-0.2, -0.15) is 0 Å². The van der Waals surface area contributed by atoms with Crippen LogP contribution in [0.1, 0.15) is 19.9 Å². The number of methoxy groups -OCH3 is 1. The molecule has 0 unspecified atom stereocenters. The van der Waals surface area contributed by atoms with Gasteiger partial charge < -0.3 is 14.6 Å². The molecule has 0 aliphatic carbocycles. The normalized spacial score (nSPS) is 11.2. The number of amides is 1. The fraction of sp³-hybridized carbons (Fsp3) is 0.368. The van der Waals surface area contributed by atoms with Crippen LogP contribution in [0.4, 0.5) is 5.69 Å². The van der Waals surface area contributed by atoms with Crippen molar-refractivity contribution in [1.82, 2.24) is 18.7 Å². The first-order valence-corrected chi connectivity index (χ1v) is 9.97. The van der Waals surface area contributed by atoms with Gasteiger partial charge in [0, 0.05) is 25.8 Å². The van der Waals surface area contributed by atoms with E-state index in [-0.39, 0.29) is 17.7 Å². The Balaban J connectivity index is 1.87. The Kier molecular flexibility index (Phi) is 5.83. The highest BCUT2D eigenvalue weighted by Crippen LogP contribution is 2.25. The summed E-state index contributed by atoms with van der Waals surface area (Å²) in [5, 5.41) is 3.33. The van der Waals surface area contributed by atoms with E-state index in [0.29, 0.717) is 27.8 Å². The number of anilines is 1. The van der Waals surface area contributed by atoms with Crippen molar-refractivity contribution in [1.29, 1.82) is 0 Å². The van der Waals surface area contributed by atoms with Gasteiger partial charge in [0.1, 0.15) is 5.75 Å². The lowest BCUT2D eigenvalue weighted by atomic mass is 10.3. The van der Waals surface area contributed by atoms with Gasteiger partial charge in [-0.1, -0.05) is 11.8 Å². The van der Waals surface area contributed by atoms with E-state index >= 15 is 0 Å². The molecule has 1 amide bonds. The smallest absolute Gasteiger partial charge is 0.332 e. The number of aryl methyl sites for hydroxylation is 1. The van der Waals surface area contributed by atoms with Gasteiger partial charge >= 0.3 is 5.69 Å². The summed E-state index contributed by atoms with van der Waals surface area (Å²) in [6.45, 7) is 3.85. The molecule has 0 bridgehead atoms. The van der Waals surface area contributed by atoms with Gasteiger partial charge in [-0.3, -0.25) is 18.7 Å². The van der Waals surface area contributed by atoms with E-state index in [0.717, 1.165) is 4.57 Å². The van der Waals surface area contributed by atoms with Crippen molar-refractivity contribution < 1.29 is 9.53 Å². The molecule has 154 valence electrons. The number of aromatic nitrogens is 4. The number of nitrogens with zero attached hydrogens (tertiary/aromatic N) is 4. The Hall–Kier alpha value is -3.01. The average molecular weight is 417 g/mol. The molecule has 9 nitrogen and oxygen atoms in total. The van der Waals surface area contributed by atoms with Gasteiger partial charge in [0.05, 0.1) is 12.9 Å². The third-order valence-corrected chi connectivity index (χ3v) is 5.43. The Labute approximate surface area is 171 Å². The summed E-state index contributed by atoms with van der Waals surface area (Å²) < 4.78 is 9.27. The minimum absolute atomic E-state index is 0.0719. The number of hydrogen-bond donors (Lipinski definition) is 1. The SMILES string of the molecule is COc1ccc(NC(=O)CSc2nc3c(c(=O)n(C)c(=O)n3C)n2C(C)C)cc1. The highest BCUT2D eigenvalue weighted by atomic mass is 32.2. The second-order valence-electron chi connectivity index (χ2n) is 6.80. The topological polar surface area (TPSA) is 100 Å². The van der Waals surface area contributed by atoms with Crippen LogP contribution >= 0.6 is 11.8 Å². The quantitative estimate of drug-likeness (QED) is 0.614. The predicted octanol–water partition coefficient (Wildman–Crippen LogP) is 1.75. The minimum atomic E-state index is -0.440. The molecule has 0 saturated carbocycles. The molecule has 0 radical (unpaired) electrons. The molecular weight excluding hydrogens is 394 g/mol. The first-order chi connectivity index (χ1) is 13.7. The molecule has 3 rings (SSSR count). The van der Waals surface area contributed by atoms with Crippen LogP contribution in [0, 0.1) is 0 Å². The van der Waals surface area contributed by atoms with E-state index < -0.39 is 11.2 Å². The molecule has 0 saturated heterocycles. The van der Waals surface area contributed by atoms with Crippen LogP contribution in [0.2, 0.25) is 0 Å². The largest absolute Gasteiger partial charge is 0.497 e. The average Bonchev–Trinajstić information content (AvgIpc) is 3.10. The highest BCUT2D eigenvalue weighted by molar-refractivity contribution is 7.99. The first kappa shape index (κ1) is 20.7. The van der Waals surface area contributed by atoms with Gasteiger partial charge in [-0.05, 0) is 38.1 Å². The second-order valence-corrected chi connectivity index (χ2v) is 7.74. The Bertz CT molecular complexity index is 1170. The third-order valence-electron chi connectivity index (χ3n) is 4.48. The number of benzene rings is 1. The number of carbonyl (C=O) groups excluding carboxylic acids is 1. The summed E-state index contributed by atoms with van der Waals surface area (Å²) in [6.07, 6.45) is 0. The number of hydrogen-bond acceptors (Lipinski definition) is 6. The summed E-state index contributed by atoms with van der Waals surface area (Å²) in [5.41, 5.74) is 0.473. The molecule has 0 atom stereocenters. The van der Waals surface area contributed by atoms with E-state index in [1.54, 1.807) is 43.0 Å². The molecule has 3 aromatic rings. The summed E-state index contributed by atoms with van der Waals surface area (Å²) >= 11 is 1.22. The van der Waals surface area contributed by atoms with Gasteiger partial charge in [0.2, 0.25) is 5.91 Å². The van der Waals surface area contributed by atoms with Gasteiger partial charge in [-0.15, -0.1) is 0 Å². The van der Waals surface area contributed by atoms with Crippen LogP contribution in [0.25, 0.3) is 11.2 Å². The van der Waals surface area contributed by atoms with Crippen LogP contribution in [0.3, 0.4) is 0 Å². The van der Waals surface area contributed by atoms with Crippen molar-refractivity contribution in [3.8, 4) is 5.75 Å². The number of carbonyl (C=O) groups is 1. The molecule has 0 aliphatic rings. The number of rotatable bonds is 6. The fourth-order valence-electron chi connectivity index (χ4n) is 2.98. The number of thioether (sulfide) groups is 1. The standard InChI is InChI=1S/C19H23N5O4S/c1-11(2)24-15-16(22(3)19(27)23(4)17(15)26)21-18(24)29-10-14(25)20-12-6-8-13(28-5)9-7-12/h6-9,11H,10H2,1-5H3,(H,20,25). The molecule has 1 aromatic carbocycles. The fourth-order valence-corrected chi connectivity index (χ4v) is 3.90. The van der Waals surface area contributed by atoms with E-state index in [1.807, 2.05) is 13.8 Å². The summed E-state index contributed by atoms with van der Waals surface area (Å²) in [4.78, 5) is 41.7. The lowest BCUT2D eigenvalue weighted by Gasteiger charge is -2.12. The van der Waals surface area contributed by atoms with Crippen molar-refractivity contribution in [2.24, 2.45) is 14.1 Å². The van der Waals surface area contributed by atoms with Crippen LogP contribution in [-0.2, 0) is 18.9 Å². The zero-order valence-electron chi connectivity index (χ0n) is 16.9. The Morgan fingerprint density at radius 1 is 1.17 bits per heavy atom. The summed E-state index contributed by atoms with van der Waals surface area (Å²) in [7, 11) is 4.59. The van der Waals surface area contributed by atoms with E-state index in [1.165, 1.54) is 23.4 Å². The van der Waals surface area contributed by atoms with Crippen molar-refractivity contribution in [3.63, 3.8) is 0 Å². The maximum absolute atomic E-state index is 12.7. The third kappa shape index (κ3) is 3.93. The maximum Gasteiger partial charge on any atom is 0.332 e. The van der Waals surface area contributed by atoms with Crippen molar-refractivity contribution in [2.45, 2.75) is 25.0 Å². The molecule has 2 aromatic heterocycles. The molecule has 2 heterocycles. The molecule has 0 spiro atoms. The molecule has 1 N–H and O–H groups in total. The van der Waals surface area contributed by atoms with Crippen LogP contribution in [-0.4, -0.2) is 37.5 Å². The van der Waals surface area contributed by atoms with Crippen LogP contribution < -0.4 is 21.3 Å². The summed E-state index contributed by atoms with van der Waals surface area (Å²) in [6, 6.07) is 6.96. The van der Waals surface area contributed by atoms with Crippen molar-refractivity contribution in [3.05, 3.63) is 45.1 Å². The summed E-state index contributed by atoms with van der Waals surface area (Å²) in [5.74, 6) is 0.607. The molecule has 29 heavy (non-hydrogen) atoms. The lowest BCUT2D eigenvalue weighted by molar-refractivity contribution is -0.113. The van der Waals surface area contributed by atoms with E-state index in [4.69, 9.17) is 4.74 Å². The van der Waals surface area contributed by atoms with E-state index in [9.17, 15) is 14.4 Å². The van der Waals surface area contributed by atoms with Gasteiger partial charge in [-0.25, -0.2) is 9.78 Å². The molecular formula is C19H23N5O4S. The number of fused-ring (bicyclic) bond motifs is 1. The van der Waals surface area contributed by atoms with Crippen LogP contribution in [0.15, 0.2) is 39.0 Å². The lowest BCUT2D eigenvalue weighted by Crippen LogP contribution is -2.37. The highest BCUT2D eigenvalue weighted by Gasteiger charge is 2.21. The molecule has 10 heteroatoms. The number of imidazole rings is 1. The molecule has 0 fully saturated rings. The monoisotopic (exact) mass is 417 g/mol. The maximum atomic E-state index is 12.7. The first-order valence-electron chi connectivity index (χ1n) is 8.99. The number of ether oxygens (including phenoxy) is 1. The van der Waals surface area contributed by atoms with Crippen LogP contribution in [0.5, 0.6) is 5.75 Å². The zero-order chi connectivity index (χ0) is 21.3. The number of nitrogens with one attached hydrogen (secondary N) is 1. The Morgan fingerprint density at radius 3 is 2.41 bits per heavy atom. The minimum Gasteiger partial charge on any atom is -0.497 e. The Morgan fingerprint density at radius 2 is 1.83 bits per heavy atom. The van der Waals surface area contributed by atoms with Crippen molar-refractivity contribution in [2.75, 3.05) is 18.2 Å². The second kappa shape index (κ2) is 8.16. The van der Waals surface area contributed by atoms with Gasteiger partial charge in [0.25, 0.3) is 5.56 Å². The molecule has 0 aliphatic heterocycles. The van der Waals surface area contributed by atoms with Gasteiger partial charge in [0.15, 0.2) is 16.3 Å². The zero-order valence-corrected chi connectivity index (χ0v) is 17.7. The van der Waals surface area contributed by atoms with Crippen molar-refractivity contribution >= 4 is 34.5 Å². The predicted molar refractivity (Wildman–Crippen MR) is 113 cm³/mol.